The Kier molecular flexibility index (Phi) is 3.56. The summed E-state index contributed by atoms with van der Waals surface area (Å²) in [5.74, 6) is 0. The van der Waals surface area contributed by atoms with Crippen LogP contribution in [0.15, 0.2) is 18.2 Å². The van der Waals surface area contributed by atoms with Crippen molar-refractivity contribution in [1.82, 2.24) is 4.98 Å². The van der Waals surface area contributed by atoms with Gasteiger partial charge in [-0.25, -0.2) is 4.98 Å². The van der Waals surface area contributed by atoms with Crippen molar-refractivity contribution in [3.63, 3.8) is 0 Å². The van der Waals surface area contributed by atoms with Crippen molar-refractivity contribution in [2.24, 2.45) is 5.73 Å². The third kappa shape index (κ3) is 2.60. The number of aromatic nitrogens is 1. The first-order valence-corrected chi connectivity index (χ1v) is 6.59. The Morgan fingerprint density at radius 2 is 2.25 bits per heavy atom. The summed E-state index contributed by atoms with van der Waals surface area (Å²) in [6.45, 7) is 4.18. The maximum atomic E-state index is 5.74. The van der Waals surface area contributed by atoms with Gasteiger partial charge in [0.2, 0.25) is 0 Å². The Bertz CT molecular complexity index is 474. The molecule has 0 saturated heterocycles. The molecule has 1 atom stereocenters. The lowest BCUT2D eigenvalue weighted by molar-refractivity contribution is 0.623. The Balaban J connectivity index is 2.11. The first-order valence-electron chi connectivity index (χ1n) is 5.77. The highest BCUT2D eigenvalue weighted by Gasteiger charge is 2.05. The summed E-state index contributed by atoms with van der Waals surface area (Å²) in [6.07, 6.45) is 3.27. The molecule has 0 amide bonds. The Morgan fingerprint density at radius 3 is 2.94 bits per heavy atom. The molecule has 1 unspecified atom stereocenters. The fourth-order valence-electron chi connectivity index (χ4n) is 1.81. The Hall–Kier alpha value is -0.930. The van der Waals surface area contributed by atoms with Crippen LogP contribution in [0.2, 0.25) is 0 Å². The molecule has 86 valence electrons. The molecule has 16 heavy (non-hydrogen) atoms. The lowest BCUT2D eigenvalue weighted by Crippen LogP contribution is -2.14. The second-order valence-electron chi connectivity index (χ2n) is 4.40. The molecular weight excluding hydrogens is 216 g/mol. The van der Waals surface area contributed by atoms with E-state index in [0.717, 1.165) is 19.3 Å². The van der Waals surface area contributed by atoms with E-state index >= 15 is 0 Å². The number of hydrogen-bond donors (Lipinski definition) is 1. The minimum atomic E-state index is 0.302. The van der Waals surface area contributed by atoms with Gasteiger partial charge in [0, 0.05) is 6.04 Å². The third-order valence-corrected chi connectivity index (χ3v) is 3.80. The number of rotatable bonds is 4. The monoisotopic (exact) mass is 234 g/mol. The molecule has 1 aromatic heterocycles. The van der Waals surface area contributed by atoms with Crippen LogP contribution in [-0.4, -0.2) is 11.0 Å². The quantitative estimate of drug-likeness (QED) is 0.881. The molecule has 0 radical (unpaired) electrons. The maximum absolute atomic E-state index is 5.74. The van der Waals surface area contributed by atoms with Crippen molar-refractivity contribution in [1.29, 1.82) is 0 Å². The molecule has 2 nitrogen and oxygen atoms in total. The third-order valence-electron chi connectivity index (χ3n) is 2.72. The average molecular weight is 234 g/mol. The smallest absolute Gasteiger partial charge is 0.0938 e. The molecule has 0 fully saturated rings. The predicted octanol–water partition coefficient (Wildman–Crippen LogP) is 3.27. The molecule has 3 heteroatoms. The van der Waals surface area contributed by atoms with Gasteiger partial charge in [0.15, 0.2) is 0 Å². The summed E-state index contributed by atoms with van der Waals surface area (Å²) in [6, 6.07) is 6.67. The van der Waals surface area contributed by atoms with Crippen LogP contribution in [-0.2, 0) is 6.42 Å². The maximum Gasteiger partial charge on any atom is 0.0938 e. The van der Waals surface area contributed by atoms with Gasteiger partial charge in [0.1, 0.15) is 0 Å². The van der Waals surface area contributed by atoms with Gasteiger partial charge in [-0.05, 0) is 44.7 Å². The summed E-state index contributed by atoms with van der Waals surface area (Å²) in [5.41, 5.74) is 8.18. The zero-order chi connectivity index (χ0) is 11.5. The Labute approximate surface area is 101 Å². The number of benzene rings is 1. The lowest BCUT2D eigenvalue weighted by Gasteiger charge is -2.01. The SMILES string of the molecule is Cc1cccc2sc(CCCC(C)N)nc12. The van der Waals surface area contributed by atoms with Gasteiger partial charge in [0.05, 0.1) is 15.2 Å². The van der Waals surface area contributed by atoms with Crippen molar-refractivity contribution in [2.75, 3.05) is 0 Å². The van der Waals surface area contributed by atoms with Gasteiger partial charge in [-0.3, -0.25) is 0 Å². The number of para-hydroxylation sites is 1. The highest BCUT2D eigenvalue weighted by atomic mass is 32.1. The molecule has 2 rings (SSSR count). The van der Waals surface area contributed by atoms with Crippen LogP contribution < -0.4 is 5.73 Å². The molecule has 0 aliphatic rings. The van der Waals surface area contributed by atoms with E-state index in [1.165, 1.54) is 20.8 Å². The number of thiazole rings is 1. The van der Waals surface area contributed by atoms with Crippen LogP contribution in [0.25, 0.3) is 10.2 Å². The molecule has 2 N–H and O–H groups in total. The van der Waals surface area contributed by atoms with Gasteiger partial charge >= 0.3 is 0 Å². The normalized spacial score (nSPS) is 13.2. The zero-order valence-corrected chi connectivity index (χ0v) is 10.7. The van der Waals surface area contributed by atoms with E-state index in [9.17, 15) is 0 Å². The van der Waals surface area contributed by atoms with Crippen LogP contribution in [0.5, 0.6) is 0 Å². The highest BCUT2D eigenvalue weighted by molar-refractivity contribution is 7.18. The van der Waals surface area contributed by atoms with Gasteiger partial charge in [-0.2, -0.15) is 0 Å². The number of nitrogens with two attached hydrogens (primary N) is 1. The highest BCUT2D eigenvalue weighted by Crippen LogP contribution is 2.25. The van der Waals surface area contributed by atoms with Gasteiger partial charge in [-0.1, -0.05) is 12.1 Å². The largest absolute Gasteiger partial charge is 0.328 e. The van der Waals surface area contributed by atoms with E-state index in [4.69, 9.17) is 5.73 Å². The van der Waals surface area contributed by atoms with Crippen LogP contribution in [0.4, 0.5) is 0 Å². The van der Waals surface area contributed by atoms with E-state index in [0.29, 0.717) is 6.04 Å². The molecule has 0 spiro atoms. The summed E-state index contributed by atoms with van der Waals surface area (Å²) in [5, 5.41) is 1.24. The van der Waals surface area contributed by atoms with E-state index in [1.807, 2.05) is 11.3 Å². The summed E-state index contributed by atoms with van der Waals surface area (Å²) >= 11 is 1.81. The second kappa shape index (κ2) is 4.93. The zero-order valence-electron chi connectivity index (χ0n) is 9.86. The first-order chi connectivity index (χ1) is 7.66. The number of nitrogens with zero attached hydrogens (tertiary/aromatic N) is 1. The van der Waals surface area contributed by atoms with E-state index < -0.39 is 0 Å². The van der Waals surface area contributed by atoms with Crippen LogP contribution in [0, 0.1) is 6.92 Å². The fraction of sp³-hybridized carbons (Fsp3) is 0.462. The van der Waals surface area contributed by atoms with Gasteiger partial charge < -0.3 is 5.73 Å². The molecule has 0 saturated carbocycles. The first kappa shape index (κ1) is 11.6. The molecule has 0 bridgehead atoms. The molecule has 1 heterocycles. The molecule has 0 aliphatic carbocycles. The van der Waals surface area contributed by atoms with E-state index in [2.05, 4.69) is 37.0 Å². The van der Waals surface area contributed by atoms with Crippen molar-refractivity contribution >= 4 is 21.6 Å². The Morgan fingerprint density at radius 1 is 1.44 bits per heavy atom. The minimum absolute atomic E-state index is 0.302. The van der Waals surface area contributed by atoms with Crippen LogP contribution in [0.3, 0.4) is 0 Å². The standard InChI is InChI=1S/C13H18N2S/c1-9-5-3-7-11-13(9)15-12(16-11)8-4-6-10(2)14/h3,5,7,10H,4,6,8,14H2,1-2H3. The minimum Gasteiger partial charge on any atom is -0.328 e. The summed E-state index contributed by atoms with van der Waals surface area (Å²) in [4.78, 5) is 4.69. The summed E-state index contributed by atoms with van der Waals surface area (Å²) in [7, 11) is 0. The van der Waals surface area contributed by atoms with Crippen LogP contribution >= 0.6 is 11.3 Å². The van der Waals surface area contributed by atoms with Gasteiger partial charge in [-0.15, -0.1) is 11.3 Å². The molecular formula is C13H18N2S. The second-order valence-corrected chi connectivity index (χ2v) is 5.51. The van der Waals surface area contributed by atoms with Crippen molar-refractivity contribution in [2.45, 2.75) is 39.2 Å². The molecule has 1 aromatic carbocycles. The number of aryl methyl sites for hydroxylation is 2. The molecule has 2 aromatic rings. The van der Waals surface area contributed by atoms with E-state index in [-0.39, 0.29) is 0 Å². The topological polar surface area (TPSA) is 38.9 Å². The predicted molar refractivity (Wildman–Crippen MR) is 70.9 cm³/mol. The number of hydrogen-bond acceptors (Lipinski definition) is 3. The average Bonchev–Trinajstić information content (AvgIpc) is 2.61. The lowest BCUT2D eigenvalue weighted by atomic mass is 10.1. The van der Waals surface area contributed by atoms with Crippen LogP contribution in [0.1, 0.15) is 30.3 Å². The fourth-order valence-corrected chi connectivity index (χ4v) is 2.90. The molecule has 0 aliphatic heterocycles. The van der Waals surface area contributed by atoms with Crippen molar-refractivity contribution in [3.8, 4) is 0 Å². The van der Waals surface area contributed by atoms with E-state index in [1.54, 1.807) is 0 Å². The van der Waals surface area contributed by atoms with Gasteiger partial charge in [0.25, 0.3) is 0 Å². The van der Waals surface area contributed by atoms with Crippen molar-refractivity contribution in [3.05, 3.63) is 28.8 Å². The number of fused-ring (bicyclic) bond motifs is 1. The summed E-state index contributed by atoms with van der Waals surface area (Å²) < 4.78 is 1.30. The van der Waals surface area contributed by atoms with Crippen molar-refractivity contribution < 1.29 is 0 Å².